The minimum Gasteiger partial charge on any atom is -0.301 e. The molecule has 3 rings (SSSR count). The van der Waals surface area contributed by atoms with Crippen molar-refractivity contribution in [1.82, 2.24) is 15.2 Å². The minimum atomic E-state index is -0.108. The van der Waals surface area contributed by atoms with Crippen LogP contribution in [0.4, 0.5) is 5.13 Å². The Labute approximate surface area is 149 Å². The molecule has 0 fully saturated rings. The lowest BCUT2D eigenvalue weighted by Gasteiger charge is -2.03. The lowest BCUT2D eigenvalue weighted by atomic mass is 10.1. The molecular weight excluding hydrogens is 396 g/mol. The molecule has 0 saturated heterocycles. The predicted octanol–water partition coefficient (Wildman–Crippen LogP) is 4.09. The molecule has 0 unspecified atom stereocenters. The molecule has 3 aromatic rings. The molecule has 0 atom stereocenters. The van der Waals surface area contributed by atoms with Crippen LogP contribution in [0.3, 0.4) is 0 Å². The second-order valence-corrected chi connectivity index (χ2v) is 7.24. The summed E-state index contributed by atoms with van der Waals surface area (Å²) in [6.07, 6.45) is 1.65. The highest BCUT2D eigenvalue weighted by Gasteiger charge is 2.07. The van der Waals surface area contributed by atoms with E-state index < -0.39 is 0 Å². The van der Waals surface area contributed by atoms with E-state index >= 15 is 0 Å². The number of nitrogens with zero attached hydrogens (tertiary/aromatic N) is 3. The number of halogens is 1. The standard InChI is InChI=1S/C15H11BrN4OS2/c16-11-3-1-10(2-4-11)12-5-6-14(20-19-12)23-9-13(21)18-15-17-7-8-22-15/h1-8H,9H2,(H,17,18,21). The van der Waals surface area contributed by atoms with Gasteiger partial charge < -0.3 is 5.32 Å². The summed E-state index contributed by atoms with van der Waals surface area (Å²) in [5, 5.41) is 14.2. The van der Waals surface area contributed by atoms with Gasteiger partial charge in [-0.2, -0.15) is 0 Å². The van der Waals surface area contributed by atoms with Gasteiger partial charge in [-0.3, -0.25) is 4.79 Å². The molecule has 116 valence electrons. The normalized spacial score (nSPS) is 10.5. The van der Waals surface area contributed by atoms with Gasteiger partial charge in [0.05, 0.1) is 11.4 Å². The Morgan fingerprint density at radius 3 is 2.65 bits per heavy atom. The fourth-order valence-electron chi connectivity index (χ4n) is 1.75. The molecule has 1 aromatic carbocycles. The van der Waals surface area contributed by atoms with E-state index in [-0.39, 0.29) is 11.7 Å². The van der Waals surface area contributed by atoms with E-state index in [2.05, 4.69) is 36.4 Å². The summed E-state index contributed by atoms with van der Waals surface area (Å²) in [7, 11) is 0. The number of thiazole rings is 1. The third-order valence-electron chi connectivity index (χ3n) is 2.81. The van der Waals surface area contributed by atoms with Gasteiger partial charge in [0.1, 0.15) is 5.03 Å². The smallest absolute Gasteiger partial charge is 0.236 e. The Bertz CT molecular complexity index is 776. The number of anilines is 1. The van der Waals surface area contributed by atoms with E-state index in [0.717, 1.165) is 15.7 Å². The van der Waals surface area contributed by atoms with Gasteiger partial charge in [-0.25, -0.2) is 4.98 Å². The molecule has 2 heterocycles. The van der Waals surface area contributed by atoms with E-state index in [1.165, 1.54) is 23.1 Å². The van der Waals surface area contributed by atoms with Crippen molar-refractivity contribution in [1.29, 1.82) is 0 Å². The molecule has 0 bridgehead atoms. The fraction of sp³-hybridized carbons (Fsp3) is 0.0667. The van der Waals surface area contributed by atoms with Crippen LogP contribution in [0, 0.1) is 0 Å². The molecule has 0 aliphatic heterocycles. The summed E-state index contributed by atoms with van der Waals surface area (Å²) >= 11 is 6.13. The molecule has 0 saturated carbocycles. The SMILES string of the molecule is O=C(CSc1ccc(-c2ccc(Br)cc2)nn1)Nc1nccs1. The van der Waals surface area contributed by atoms with Crippen LogP contribution in [0.1, 0.15) is 0 Å². The summed E-state index contributed by atoms with van der Waals surface area (Å²) < 4.78 is 1.02. The fourth-order valence-corrected chi connectivity index (χ4v) is 3.18. The van der Waals surface area contributed by atoms with Crippen molar-refractivity contribution < 1.29 is 4.79 Å². The van der Waals surface area contributed by atoms with E-state index in [9.17, 15) is 4.79 Å². The predicted molar refractivity (Wildman–Crippen MR) is 96.6 cm³/mol. The first kappa shape index (κ1) is 16.1. The summed E-state index contributed by atoms with van der Waals surface area (Å²) in [6.45, 7) is 0. The molecule has 0 radical (unpaired) electrons. The summed E-state index contributed by atoms with van der Waals surface area (Å²) in [6, 6.07) is 11.6. The highest BCUT2D eigenvalue weighted by molar-refractivity contribution is 9.10. The maximum absolute atomic E-state index is 11.8. The molecule has 0 spiro atoms. The first-order chi connectivity index (χ1) is 11.2. The van der Waals surface area contributed by atoms with E-state index in [0.29, 0.717) is 10.2 Å². The van der Waals surface area contributed by atoms with Gasteiger partial charge in [0.2, 0.25) is 5.91 Å². The van der Waals surface area contributed by atoms with Gasteiger partial charge in [0.15, 0.2) is 5.13 Å². The summed E-state index contributed by atoms with van der Waals surface area (Å²) in [5.41, 5.74) is 1.80. The van der Waals surface area contributed by atoms with Crippen molar-refractivity contribution in [2.24, 2.45) is 0 Å². The second-order valence-electron chi connectivity index (χ2n) is 4.44. The molecule has 8 heteroatoms. The highest BCUT2D eigenvalue weighted by Crippen LogP contribution is 2.22. The molecule has 1 amide bonds. The Hall–Kier alpha value is -1.77. The van der Waals surface area contributed by atoms with Crippen LogP contribution in [0.25, 0.3) is 11.3 Å². The number of carbonyl (C=O) groups is 1. The zero-order valence-electron chi connectivity index (χ0n) is 11.8. The maximum Gasteiger partial charge on any atom is 0.236 e. The Kier molecular flexibility index (Phi) is 5.37. The second kappa shape index (κ2) is 7.67. The Balaban J connectivity index is 1.57. The lowest BCUT2D eigenvalue weighted by Crippen LogP contribution is -2.13. The molecule has 0 aliphatic rings. The van der Waals surface area contributed by atoms with Crippen molar-refractivity contribution in [3.8, 4) is 11.3 Å². The number of hydrogen-bond acceptors (Lipinski definition) is 6. The zero-order chi connectivity index (χ0) is 16.1. The maximum atomic E-state index is 11.8. The Morgan fingerprint density at radius 1 is 1.17 bits per heavy atom. The van der Waals surface area contributed by atoms with Crippen LogP contribution in [0.15, 0.2) is 57.5 Å². The van der Waals surface area contributed by atoms with Gasteiger partial charge >= 0.3 is 0 Å². The molecule has 5 nitrogen and oxygen atoms in total. The number of nitrogens with one attached hydrogen (secondary N) is 1. The van der Waals surface area contributed by atoms with Crippen molar-refractivity contribution in [2.45, 2.75) is 5.03 Å². The molecule has 1 N–H and O–H groups in total. The van der Waals surface area contributed by atoms with Crippen LogP contribution < -0.4 is 5.32 Å². The minimum absolute atomic E-state index is 0.108. The monoisotopic (exact) mass is 406 g/mol. The van der Waals surface area contributed by atoms with Crippen molar-refractivity contribution >= 4 is 50.1 Å². The topological polar surface area (TPSA) is 67.8 Å². The van der Waals surface area contributed by atoms with E-state index in [4.69, 9.17) is 0 Å². The number of carbonyl (C=O) groups excluding carboxylic acids is 1. The summed E-state index contributed by atoms with van der Waals surface area (Å²) in [4.78, 5) is 15.8. The highest BCUT2D eigenvalue weighted by atomic mass is 79.9. The number of rotatable bonds is 5. The van der Waals surface area contributed by atoms with Gasteiger partial charge in [-0.05, 0) is 24.3 Å². The van der Waals surface area contributed by atoms with Gasteiger partial charge in [0, 0.05) is 21.6 Å². The number of aromatic nitrogens is 3. The third-order valence-corrected chi connectivity index (χ3v) is 4.95. The first-order valence-electron chi connectivity index (χ1n) is 6.62. The number of amides is 1. The van der Waals surface area contributed by atoms with Crippen LogP contribution >= 0.6 is 39.0 Å². The molecule has 2 aromatic heterocycles. The van der Waals surface area contributed by atoms with Crippen molar-refractivity contribution in [3.05, 3.63) is 52.4 Å². The third kappa shape index (κ3) is 4.60. The van der Waals surface area contributed by atoms with Crippen LogP contribution in [-0.4, -0.2) is 26.8 Å². The molecule has 23 heavy (non-hydrogen) atoms. The number of thioether (sulfide) groups is 1. The Morgan fingerprint density at radius 2 is 2.00 bits per heavy atom. The van der Waals surface area contributed by atoms with Crippen LogP contribution in [-0.2, 0) is 4.79 Å². The zero-order valence-corrected chi connectivity index (χ0v) is 15.0. The van der Waals surface area contributed by atoms with Crippen LogP contribution in [0.5, 0.6) is 0 Å². The number of benzene rings is 1. The van der Waals surface area contributed by atoms with Gasteiger partial charge in [0.25, 0.3) is 0 Å². The van der Waals surface area contributed by atoms with Gasteiger partial charge in [-0.1, -0.05) is 39.8 Å². The average Bonchev–Trinajstić information content (AvgIpc) is 3.07. The first-order valence-corrected chi connectivity index (χ1v) is 9.28. The molecule has 0 aliphatic carbocycles. The molecular formula is C15H11BrN4OS2. The van der Waals surface area contributed by atoms with Crippen LogP contribution in [0.2, 0.25) is 0 Å². The van der Waals surface area contributed by atoms with Gasteiger partial charge in [-0.15, -0.1) is 21.5 Å². The lowest BCUT2D eigenvalue weighted by molar-refractivity contribution is -0.113. The quantitative estimate of drug-likeness (QED) is 0.646. The van der Waals surface area contributed by atoms with E-state index in [1.807, 2.05) is 41.8 Å². The van der Waals surface area contributed by atoms with Crippen molar-refractivity contribution in [2.75, 3.05) is 11.1 Å². The average molecular weight is 407 g/mol. The largest absolute Gasteiger partial charge is 0.301 e. The van der Waals surface area contributed by atoms with Crippen molar-refractivity contribution in [3.63, 3.8) is 0 Å². The number of hydrogen-bond donors (Lipinski definition) is 1. The summed E-state index contributed by atoms with van der Waals surface area (Å²) in [5.74, 6) is 0.162. The van der Waals surface area contributed by atoms with E-state index in [1.54, 1.807) is 6.20 Å².